The summed E-state index contributed by atoms with van der Waals surface area (Å²) in [6.07, 6.45) is 4.01. The topological polar surface area (TPSA) is 65.5 Å². The zero-order valence-corrected chi connectivity index (χ0v) is 19.8. The van der Waals surface area contributed by atoms with Gasteiger partial charge in [-0.05, 0) is 73.4 Å². The van der Waals surface area contributed by atoms with E-state index in [9.17, 15) is 0 Å². The van der Waals surface area contributed by atoms with Crippen LogP contribution in [0.15, 0.2) is 48.8 Å². The van der Waals surface area contributed by atoms with Gasteiger partial charge < -0.3 is 19.4 Å². The summed E-state index contributed by atoms with van der Waals surface area (Å²) < 4.78 is 18.9. The molecule has 2 heterocycles. The third-order valence-corrected chi connectivity index (χ3v) is 8.32. The Morgan fingerprint density at radius 3 is 2.85 bits per heavy atom. The standard InChI is InChI=1S/C25H27BClN3O3/c1-24(2)15-9-21(24)25(3)22(10-15)32-26(33-25)13-31-18-7-8-20-19(12-18)23(29-14-28-20)30-17-6-4-5-16(27)11-17/h4-8,11-12,14-15,21-22H,9-10,13H2,1-3H3,(H,28,29,30)/t15-,21-,22?,25+/m1/s1. The average molecular weight is 464 g/mol. The molecule has 4 aliphatic rings. The Labute approximate surface area is 199 Å². The monoisotopic (exact) mass is 463 g/mol. The minimum atomic E-state index is -0.359. The molecule has 0 amide bonds. The van der Waals surface area contributed by atoms with Crippen molar-refractivity contribution in [2.24, 2.45) is 17.3 Å². The molecule has 3 saturated carbocycles. The largest absolute Gasteiger partial charge is 0.498 e. The first kappa shape index (κ1) is 21.2. The molecule has 3 aromatic rings. The molecule has 1 unspecified atom stereocenters. The summed E-state index contributed by atoms with van der Waals surface area (Å²) in [4.78, 5) is 8.81. The number of aromatic nitrogens is 2. The molecular weight excluding hydrogens is 437 g/mol. The van der Waals surface area contributed by atoms with E-state index in [-0.39, 0.29) is 18.8 Å². The van der Waals surface area contributed by atoms with E-state index in [0.29, 0.717) is 28.7 Å². The van der Waals surface area contributed by atoms with Crippen molar-refractivity contribution in [1.29, 1.82) is 0 Å². The summed E-state index contributed by atoms with van der Waals surface area (Å²) in [5.74, 6) is 2.69. The number of benzene rings is 2. The highest BCUT2D eigenvalue weighted by Crippen LogP contribution is 2.65. The van der Waals surface area contributed by atoms with Gasteiger partial charge in [0.25, 0.3) is 0 Å². The van der Waals surface area contributed by atoms with Crippen LogP contribution < -0.4 is 10.1 Å². The van der Waals surface area contributed by atoms with E-state index in [4.69, 9.17) is 25.6 Å². The molecule has 1 aromatic heterocycles. The van der Waals surface area contributed by atoms with Gasteiger partial charge in [-0.15, -0.1) is 0 Å². The van der Waals surface area contributed by atoms with Gasteiger partial charge in [0.15, 0.2) is 0 Å². The molecule has 6 nitrogen and oxygen atoms in total. The Morgan fingerprint density at radius 2 is 2.03 bits per heavy atom. The lowest BCUT2D eigenvalue weighted by Crippen LogP contribution is -2.65. The second-order valence-corrected chi connectivity index (χ2v) is 10.7. The number of nitrogens with zero attached hydrogens (tertiary/aromatic N) is 2. The summed E-state index contributed by atoms with van der Waals surface area (Å²) >= 11 is 6.12. The smallest absolute Gasteiger partial charge is 0.496 e. The third kappa shape index (κ3) is 3.49. The molecule has 7 rings (SSSR count). The predicted octanol–water partition coefficient (Wildman–Crippen LogP) is 5.67. The Kier molecular flexibility index (Phi) is 4.87. The van der Waals surface area contributed by atoms with Crippen molar-refractivity contribution < 1.29 is 14.0 Å². The minimum Gasteiger partial charge on any atom is -0.496 e. The fourth-order valence-electron chi connectivity index (χ4n) is 6.11. The van der Waals surface area contributed by atoms with Gasteiger partial charge in [0, 0.05) is 16.1 Å². The molecule has 1 N–H and O–H groups in total. The van der Waals surface area contributed by atoms with Crippen molar-refractivity contribution in [2.45, 2.75) is 45.3 Å². The molecule has 170 valence electrons. The van der Waals surface area contributed by atoms with E-state index in [2.05, 4.69) is 36.1 Å². The number of anilines is 2. The summed E-state index contributed by atoms with van der Waals surface area (Å²) in [5, 5.41) is 4.86. The number of rotatable bonds is 5. The molecule has 3 aliphatic carbocycles. The molecule has 2 aromatic carbocycles. The molecule has 1 aliphatic heterocycles. The predicted molar refractivity (Wildman–Crippen MR) is 130 cm³/mol. The van der Waals surface area contributed by atoms with Crippen LogP contribution in [-0.2, 0) is 9.31 Å². The normalized spacial score (nSPS) is 29.5. The second-order valence-electron chi connectivity index (χ2n) is 10.2. The summed E-state index contributed by atoms with van der Waals surface area (Å²) in [6, 6.07) is 13.3. The van der Waals surface area contributed by atoms with Crippen LogP contribution in [-0.4, -0.2) is 35.3 Å². The highest BCUT2D eigenvalue weighted by Gasteiger charge is 2.67. The lowest BCUT2D eigenvalue weighted by Gasteiger charge is -2.64. The zero-order chi connectivity index (χ0) is 22.8. The Morgan fingerprint density at radius 1 is 1.15 bits per heavy atom. The van der Waals surface area contributed by atoms with Gasteiger partial charge >= 0.3 is 7.12 Å². The maximum absolute atomic E-state index is 6.47. The molecule has 8 heteroatoms. The van der Waals surface area contributed by atoms with Crippen molar-refractivity contribution in [3.63, 3.8) is 0 Å². The van der Waals surface area contributed by atoms with E-state index < -0.39 is 0 Å². The van der Waals surface area contributed by atoms with Crippen LogP contribution in [0.5, 0.6) is 5.75 Å². The zero-order valence-electron chi connectivity index (χ0n) is 19.0. The van der Waals surface area contributed by atoms with Gasteiger partial charge in [-0.3, -0.25) is 0 Å². The number of nitrogens with one attached hydrogen (secondary N) is 1. The lowest BCUT2D eigenvalue weighted by atomic mass is 9.43. The molecule has 2 bridgehead atoms. The maximum Gasteiger partial charge on any atom is 0.498 e. The van der Waals surface area contributed by atoms with Gasteiger partial charge in [0.05, 0.1) is 17.2 Å². The fourth-order valence-corrected chi connectivity index (χ4v) is 6.30. The number of fused-ring (bicyclic) bond motifs is 1. The van der Waals surface area contributed by atoms with Gasteiger partial charge in [-0.25, -0.2) is 9.97 Å². The van der Waals surface area contributed by atoms with Crippen molar-refractivity contribution in [2.75, 3.05) is 11.8 Å². The van der Waals surface area contributed by atoms with Crippen LogP contribution >= 0.6 is 11.6 Å². The molecule has 0 spiro atoms. The van der Waals surface area contributed by atoms with Crippen molar-refractivity contribution in [3.8, 4) is 5.75 Å². The van der Waals surface area contributed by atoms with E-state index in [1.807, 2.05) is 42.5 Å². The molecule has 4 atom stereocenters. The van der Waals surface area contributed by atoms with Crippen LogP contribution in [0.2, 0.25) is 5.02 Å². The van der Waals surface area contributed by atoms with Crippen LogP contribution in [0.1, 0.15) is 33.6 Å². The minimum absolute atomic E-state index is 0.154. The Hall–Kier alpha value is -2.35. The summed E-state index contributed by atoms with van der Waals surface area (Å²) in [7, 11) is -0.359. The van der Waals surface area contributed by atoms with Crippen molar-refractivity contribution in [1.82, 2.24) is 9.97 Å². The second kappa shape index (κ2) is 7.59. The van der Waals surface area contributed by atoms with E-state index in [1.165, 1.54) is 6.42 Å². The molecule has 1 saturated heterocycles. The van der Waals surface area contributed by atoms with Crippen LogP contribution in [0.3, 0.4) is 0 Å². The quantitative estimate of drug-likeness (QED) is 0.492. The van der Waals surface area contributed by atoms with Crippen LogP contribution in [0.25, 0.3) is 10.9 Å². The molecular formula is C25H27BClN3O3. The Balaban J connectivity index is 1.18. The molecule has 4 fully saturated rings. The van der Waals surface area contributed by atoms with E-state index in [0.717, 1.165) is 34.7 Å². The van der Waals surface area contributed by atoms with Crippen molar-refractivity contribution >= 4 is 41.1 Å². The Bertz CT molecular complexity index is 1220. The van der Waals surface area contributed by atoms with Gasteiger partial charge in [0.2, 0.25) is 0 Å². The SMILES string of the molecule is CC1(C)[C@H]2CC3OB(COc4ccc5ncnc(Nc6cccc(Cl)c6)c5c4)O[C@@]3(C)[C@@H]1C2. The third-order valence-electron chi connectivity index (χ3n) is 8.08. The molecule has 0 radical (unpaired) electrons. The van der Waals surface area contributed by atoms with E-state index in [1.54, 1.807) is 6.33 Å². The fraction of sp³-hybridized carbons (Fsp3) is 0.440. The van der Waals surface area contributed by atoms with Gasteiger partial charge in [-0.1, -0.05) is 31.5 Å². The maximum atomic E-state index is 6.47. The lowest BCUT2D eigenvalue weighted by molar-refractivity contribution is -0.199. The first-order valence-corrected chi connectivity index (χ1v) is 11.9. The van der Waals surface area contributed by atoms with Crippen LogP contribution in [0, 0.1) is 17.3 Å². The number of halogens is 1. The average Bonchev–Trinajstić information content (AvgIpc) is 3.14. The van der Waals surface area contributed by atoms with Gasteiger partial charge in [0.1, 0.15) is 24.4 Å². The van der Waals surface area contributed by atoms with Gasteiger partial charge in [-0.2, -0.15) is 0 Å². The summed E-state index contributed by atoms with van der Waals surface area (Å²) in [5.41, 5.74) is 1.79. The van der Waals surface area contributed by atoms with Crippen molar-refractivity contribution in [3.05, 3.63) is 53.8 Å². The first-order valence-electron chi connectivity index (χ1n) is 11.6. The summed E-state index contributed by atoms with van der Waals surface area (Å²) in [6.45, 7) is 7.31. The highest BCUT2D eigenvalue weighted by atomic mass is 35.5. The number of hydrogen-bond acceptors (Lipinski definition) is 6. The van der Waals surface area contributed by atoms with Crippen LogP contribution in [0.4, 0.5) is 11.5 Å². The first-order chi connectivity index (χ1) is 15.8. The molecule has 33 heavy (non-hydrogen) atoms. The highest BCUT2D eigenvalue weighted by molar-refractivity contribution is 6.45. The number of hydrogen-bond donors (Lipinski definition) is 1. The number of ether oxygens (including phenoxy) is 1. The van der Waals surface area contributed by atoms with E-state index >= 15 is 0 Å².